The van der Waals surface area contributed by atoms with E-state index in [0.29, 0.717) is 0 Å². The molecule has 1 saturated carbocycles. The normalized spacial score (nSPS) is 18.7. The van der Waals surface area contributed by atoms with Crippen molar-refractivity contribution in [3.63, 3.8) is 0 Å². The molecule has 0 unspecified atom stereocenters. The summed E-state index contributed by atoms with van der Waals surface area (Å²) in [6.45, 7) is 2.01. The molecule has 0 saturated heterocycles. The minimum atomic E-state index is -0.373. The first-order valence-electron chi connectivity index (χ1n) is 5.89. The summed E-state index contributed by atoms with van der Waals surface area (Å²) >= 11 is 3.45. The average molecular weight is 331 g/mol. The van der Waals surface area contributed by atoms with Crippen LogP contribution in [-0.2, 0) is 19.7 Å². The number of hydrogen-bond acceptors (Lipinski definition) is 3. The molecule has 1 aliphatic carbocycles. The second kappa shape index (κ2) is 6.50. The third kappa shape index (κ3) is 3.55. The van der Waals surface area contributed by atoms with Gasteiger partial charge in [-0.3, -0.25) is 4.79 Å². The first-order chi connectivity index (χ1) is 8.95. The van der Waals surface area contributed by atoms with Crippen LogP contribution in [0.15, 0.2) is 28.7 Å². The van der Waals surface area contributed by atoms with Gasteiger partial charge in [-0.05, 0) is 17.7 Å². The fourth-order valence-electron chi connectivity index (χ4n) is 2.57. The highest BCUT2D eigenvalue weighted by Crippen LogP contribution is 2.52. The smallest absolute Gasteiger partial charge is 0.290 e. The van der Waals surface area contributed by atoms with E-state index in [1.165, 1.54) is 5.56 Å². The number of carboxylic acid groups (broad SMARTS) is 1. The maximum Gasteiger partial charge on any atom is 0.290 e. The van der Waals surface area contributed by atoms with Crippen LogP contribution in [0.2, 0.25) is 0 Å². The van der Waals surface area contributed by atoms with Crippen LogP contribution in [0.1, 0.15) is 25.3 Å². The lowest BCUT2D eigenvalue weighted by molar-refractivity contribution is -0.275. The molecule has 1 aromatic rings. The number of methoxy groups -OCH3 is 2. The number of ether oxygens (including phenoxy) is 2. The second-order valence-corrected chi connectivity index (χ2v) is 5.76. The van der Waals surface area contributed by atoms with Crippen LogP contribution in [0, 0.1) is 0 Å². The van der Waals surface area contributed by atoms with Gasteiger partial charge in [0, 0.05) is 36.9 Å². The molecular weight excluding hydrogens is 312 g/mol. The Labute approximate surface area is 121 Å². The van der Waals surface area contributed by atoms with Crippen molar-refractivity contribution in [2.75, 3.05) is 14.2 Å². The molecule has 1 aliphatic rings. The SMILES string of the molecule is COC1(OC)CC(C)(c2ccc(Br)cc2)C1.O=CO. The number of rotatable bonds is 3. The Kier molecular flexibility index (Phi) is 5.52. The lowest BCUT2D eigenvalue weighted by Gasteiger charge is -2.52. The van der Waals surface area contributed by atoms with Gasteiger partial charge in [0.05, 0.1) is 0 Å². The number of carbonyl (C=O) groups is 1. The highest BCUT2D eigenvalue weighted by atomic mass is 79.9. The van der Waals surface area contributed by atoms with Crippen LogP contribution in [0.3, 0.4) is 0 Å². The predicted octanol–water partition coefficient (Wildman–Crippen LogP) is 3.19. The molecule has 2 rings (SSSR count). The van der Waals surface area contributed by atoms with Crippen LogP contribution >= 0.6 is 15.9 Å². The Morgan fingerprint density at radius 2 is 1.63 bits per heavy atom. The summed E-state index contributed by atoms with van der Waals surface area (Å²) < 4.78 is 12.0. The van der Waals surface area contributed by atoms with Crippen molar-refractivity contribution in [3.05, 3.63) is 34.3 Å². The van der Waals surface area contributed by atoms with Gasteiger partial charge >= 0.3 is 0 Å². The zero-order chi connectivity index (χ0) is 14.5. The quantitative estimate of drug-likeness (QED) is 0.683. The van der Waals surface area contributed by atoms with E-state index in [1.54, 1.807) is 14.2 Å². The largest absolute Gasteiger partial charge is 0.483 e. The van der Waals surface area contributed by atoms with Gasteiger partial charge in [0.25, 0.3) is 6.47 Å². The van der Waals surface area contributed by atoms with E-state index < -0.39 is 0 Å². The highest BCUT2D eigenvalue weighted by molar-refractivity contribution is 9.10. The van der Waals surface area contributed by atoms with Crippen LogP contribution < -0.4 is 0 Å². The molecule has 0 atom stereocenters. The van der Waals surface area contributed by atoms with Crippen molar-refractivity contribution in [1.29, 1.82) is 0 Å². The van der Waals surface area contributed by atoms with E-state index in [4.69, 9.17) is 19.4 Å². The maximum absolute atomic E-state index is 8.36. The molecule has 1 N–H and O–H groups in total. The van der Waals surface area contributed by atoms with Crippen LogP contribution in [0.4, 0.5) is 0 Å². The van der Waals surface area contributed by atoms with Crippen molar-refractivity contribution >= 4 is 22.4 Å². The monoisotopic (exact) mass is 330 g/mol. The van der Waals surface area contributed by atoms with E-state index >= 15 is 0 Å². The van der Waals surface area contributed by atoms with Crippen molar-refractivity contribution in [1.82, 2.24) is 0 Å². The molecule has 0 aromatic heterocycles. The van der Waals surface area contributed by atoms with Gasteiger partial charge in [-0.25, -0.2) is 0 Å². The molecule has 0 spiro atoms. The summed E-state index contributed by atoms with van der Waals surface area (Å²) in [6.07, 6.45) is 1.82. The van der Waals surface area contributed by atoms with Gasteiger partial charge in [0.1, 0.15) is 0 Å². The third-order valence-electron chi connectivity index (χ3n) is 3.60. The summed E-state index contributed by atoms with van der Waals surface area (Å²) in [5.74, 6) is -0.373. The first kappa shape index (κ1) is 16.1. The topological polar surface area (TPSA) is 55.8 Å². The molecule has 0 amide bonds. The Morgan fingerprint density at radius 1 is 1.21 bits per heavy atom. The molecule has 0 aliphatic heterocycles. The third-order valence-corrected chi connectivity index (χ3v) is 4.13. The minimum absolute atomic E-state index is 0.173. The number of benzene rings is 1. The predicted molar refractivity (Wildman–Crippen MR) is 76.2 cm³/mol. The van der Waals surface area contributed by atoms with Gasteiger partial charge < -0.3 is 14.6 Å². The minimum Gasteiger partial charge on any atom is -0.483 e. The first-order valence-corrected chi connectivity index (χ1v) is 6.69. The van der Waals surface area contributed by atoms with Crippen LogP contribution in [-0.4, -0.2) is 31.6 Å². The summed E-state index contributed by atoms with van der Waals surface area (Å²) in [5, 5.41) is 6.89. The molecule has 4 nitrogen and oxygen atoms in total. The molecule has 1 aromatic carbocycles. The van der Waals surface area contributed by atoms with Gasteiger partial charge in [-0.2, -0.15) is 0 Å². The van der Waals surface area contributed by atoms with Crippen molar-refractivity contribution in [3.8, 4) is 0 Å². The van der Waals surface area contributed by atoms with Gasteiger partial charge in [0.15, 0.2) is 5.79 Å². The molecule has 0 heterocycles. The van der Waals surface area contributed by atoms with E-state index in [0.717, 1.165) is 17.3 Å². The second-order valence-electron chi connectivity index (χ2n) is 4.85. The molecule has 19 heavy (non-hydrogen) atoms. The molecule has 5 heteroatoms. The van der Waals surface area contributed by atoms with E-state index in [-0.39, 0.29) is 17.7 Å². The molecule has 1 fully saturated rings. The van der Waals surface area contributed by atoms with Gasteiger partial charge in [-0.1, -0.05) is 35.0 Å². The van der Waals surface area contributed by atoms with Crippen molar-refractivity contribution in [2.45, 2.75) is 31.0 Å². The number of hydrogen-bond donors (Lipinski definition) is 1. The molecular formula is C14H19BrO4. The van der Waals surface area contributed by atoms with Gasteiger partial charge in [-0.15, -0.1) is 0 Å². The Bertz CT molecular complexity index is 404. The summed E-state index contributed by atoms with van der Waals surface area (Å²) in [7, 11) is 3.43. The fraction of sp³-hybridized carbons (Fsp3) is 0.500. The molecule has 0 bridgehead atoms. The lowest BCUT2D eigenvalue weighted by Crippen LogP contribution is -2.55. The lowest BCUT2D eigenvalue weighted by atomic mass is 9.62. The van der Waals surface area contributed by atoms with Crippen LogP contribution in [0.5, 0.6) is 0 Å². The standard InChI is InChI=1S/C13H17BrO2.CH2O2/c1-12(8-13(9-12,15-2)16-3)10-4-6-11(14)7-5-10;2-1-3/h4-7H,8-9H2,1-3H3;1H,(H,2,3). The Morgan fingerprint density at radius 3 is 2.00 bits per heavy atom. The van der Waals surface area contributed by atoms with E-state index in [1.807, 2.05) is 0 Å². The zero-order valence-electron chi connectivity index (χ0n) is 11.4. The Balaban J connectivity index is 0.000000550. The van der Waals surface area contributed by atoms with Crippen molar-refractivity contribution in [2.24, 2.45) is 0 Å². The highest BCUT2D eigenvalue weighted by Gasteiger charge is 2.53. The Hall–Kier alpha value is -0.910. The molecule has 0 radical (unpaired) electrons. The average Bonchev–Trinajstić information content (AvgIpc) is 2.36. The zero-order valence-corrected chi connectivity index (χ0v) is 12.9. The fourth-order valence-corrected chi connectivity index (χ4v) is 2.83. The molecule has 106 valence electrons. The van der Waals surface area contributed by atoms with E-state index in [9.17, 15) is 0 Å². The summed E-state index contributed by atoms with van der Waals surface area (Å²) in [4.78, 5) is 8.36. The summed E-state index contributed by atoms with van der Waals surface area (Å²) in [6, 6.07) is 8.50. The summed E-state index contributed by atoms with van der Waals surface area (Å²) in [5.41, 5.74) is 1.52. The van der Waals surface area contributed by atoms with Crippen molar-refractivity contribution < 1.29 is 19.4 Å². The van der Waals surface area contributed by atoms with Gasteiger partial charge in [0.2, 0.25) is 0 Å². The maximum atomic E-state index is 8.36. The van der Waals surface area contributed by atoms with E-state index in [2.05, 4.69) is 47.1 Å². The van der Waals surface area contributed by atoms with Crippen LogP contribution in [0.25, 0.3) is 0 Å². The number of halogens is 1.